The van der Waals surface area contributed by atoms with Crippen LogP contribution < -0.4 is 0 Å². The summed E-state index contributed by atoms with van der Waals surface area (Å²) in [5, 5.41) is 0.594. The number of esters is 1. The summed E-state index contributed by atoms with van der Waals surface area (Å²) < 4.78 is 5.04. The van der Waals surface area contributed by atoms with E-state index in [1.165, 1.54) is 0 Å². The van der Waals surface area contributed by atoms with Gasteiger partial charge < -0.3 is 4.74 Å². The number of halogens is 1. The van der Waals surface area contributed by atoms with E-state index in [9.17, 15) is 4.79 Å². The molecule has 0 aliphatic rings. The second kappa shape index (κ2) is 5.05. The first kappa shape index (κ1) is 12.6. The standard InChI is InChI=1S/C13H13ClO2/c1-13(2,3)16-12(15)8-7-10-5-4-6-11(14)9-10/h4-6,9H,1-3H3. The van der Waals surface area contributed by atoms with Crippen molar-refractivity contribution in [2.75, 3.05) is 0 Å². The van der Waals surface area contributed by atoms with Gasteiger partial charge in [-0.3, -0.25) is 0 Å². The normalized spacial score (nSPS) is 10.2. The lowest BCUT2D eigenvalue weighted by Crippen LogP contribution is -2.22. The summed E-state index contributed by atoms with van der Waals surface area (Å²) in [4.78, 5) is 11.3. The quantitative estimate of drug-likeness (QED) is 0.511. The van der Waals surface area contributed by atoms with Crippen molar-refractivity contribution >= 4 is 17.6 Å². The molecule has 16 heavy (non-hydrogen) atoms. The van der Waals surface area contributed by atoms with Crippen LogP contribution in [-0.4, -0.2) is 11.6 Å². The van der Waals surface area contributed by atoms with E-state index < -0.39 is 11.6 Å². The predicted octanol–water partition coefficient (Wildman–Crippen LogP) is 3.03. The van der Waals surface area contributed by atoms with Crippen LogP contribution in [0.25, 0.3) is 0 Å². The molecule has 0 aromatic heterocycles. The minimum Gasteiger partial charge on any atom is -0.450 e. The molecule has 2 nitrogen and oxygen atoms in total. The Bertz CT molecular complexity index is 447. The van der Waals surface area contributed by atoms with Crippen LogP contribution in [0.5, 0.6) is 0 Å². The van der Waals surface area contributed by atoms with Crippen LogP contribution >= 0.6 is 11.6 Å². The predicted molar refractivity (Wildman–Crippen MR) is 64.2 cm³/mol. The molecule has 0 bridgehead atoms. The zero-order valence-corrected chi connectivity index (χ0v) is 10.3. The van der Waals surface area contributed by atoms with E-state index in [2.05, 4.69) is 11.8 Å². The lowest BCUT2D eigenvalue weighted by atomic mass is 10.2. The van der Waals surface area contributed by atoms with E-state index in [1.54, 1.807) is 45.0 Å². The maximum Gasteiger partial charge on any atom is 0.385 e. The monoisotopic (exact) mass is 236 g/mol. The topological polar surface area (TPSA) is 26.3 Å². The molecule has 0 saturated carbocycles. The van der Waals surface area contributed by atoms with Crippen LogP contribution in [0, 0.1) is 11.8 Å². The molecule has 1 aromatic rings. The van der Waals surface area contributed by atoms with Gasteiger partial charge in [0.1, 0.15) is 5.60 Å². The molecule has 0 heterocycles. The SMILES string of the molecule is CC(C)(C)OC(=O)C#Cc1cccc(Cl)c1. The van der Waals surface area contributed by atoms with Crippen LogP contribution in [0.1, 0.15) is 26.3 Å². The van der Waals surface area contributed by atoms with Gasteiger partial charge in [-0.25, -0.2) is 4.79 Å². The van der Waals surface area contributed by atoms with Gasteiger partial charge in [-0.1, -0.05) is 23.6 Å². The average Bonchev–Trinajstić information content (AvgIpc) is 2.12. The number of carbonyl (C=O) groups is 1. The second-order valence-electron chi connectivity index (χ2n) is 4.26. The highest BCUT2D eigenvalue weighted by atomic mass is 35.5. The Kier molecular flexibility index (Phi) is 3.98. The van der Waals surface area contributed by atoms with Gasteiger partial charge in [0.2, 0.25) is 0 Å². The van der Waals surface area contributed by atoms with Crippen LogP contribution in [0.15, 0.2) is 24.3 Å². The summed E-state index contributed by atoms with van der Waals surface area (Å²) in [7, 11) is 0. The van der Waals surface area contributed by atoms with Gasteiger partial charge in [0.25, 0.3) is 0 Å². The molecule has 3 heteroatoms. The fourth-order valence-electron chi connectivity index (χ4n) is 0.993. The molecule has 0 unspecified atom stereocenters. The van der Waals surface area contributed by atoms with E-state index in [1.807, 2.05) is 0 Å². The zero-order valence-electron chi connectivity index (χ0n) is 9.50. The number of hydrogen-bond acceptors (Lipinski definition) is 2. The zero-order chi connectivity index (χ0) is 12.2. The Morgan fingerprint density at radius 3 is 2.62 bits per heavy atom. The molecule has 0 atom stereocenters. The molecule has 0 fully saturated rings. The van der Waals surface area contributed by atoms with Gasteiger partial charge in [-0.05, 0) is 39.0 Å². The first-order chi connectivity index (χ1) is 7.37. The molecule has 84 valence electrons. The first-order valence-corrected chi connectivity index (χ1v) is 5.25. The summed E-state index contributed by atoms with van der Waals surface area (Å²) in [6, 6.07) is 7.00. The molecule has 0 amide bonds. The van der Waals surface area contributed by atoms with Gasteiger partial charge in [0, 0.05) is 16.5 Å². The van der Waals surface area contributed by atoms with E-state index in [4.69, 9.17) is 16.3 Å². The third-order valence-electron chi connectivity index (χ3n) is 1.53. The van der Waals surface area contributed by atoms with Crippen molar-refractivity contribution in [3.8, 4) is 11.8 Å². The van der Waals surface area contributed by atoms with Crippen molar-refractivity contribution in [2.24, 2.45) is 0 Å². The van der Waals surface area contributed by atoms with Crippen molar-refractivity contribution in [3.63, 3.8) is 0 Å². The summed E-state index contributed by atoms with van der Waals surface area (Å²) in [6.07, 6.45) is 0. The molecule has 0 aliphatic carbocycles. The molecule has 0 N–H and O–H groups in total. The Labute approximate surface area is 101 Å². The highest BCUT2D eigenvalue weighted by Crippen LogP contribution is 2.09. The number of rotatable bonds is 0. The Morgan fingerprint density at radius 1 is 1.38 bits per heavy atom. The minimum absolute atomic E-state index is 0.514. The molecule has 0 saturated heterocycles. The molecule has 1 aromatic carbocycles. The number of benzene rings is 1. The highest BCUT2D eigenvalue weighted by Gasteiger charge is 2.14. The smallest absolute Gasteiger partial charge is 0.385 e. The summed E-state index contributed by atoms with van der Waals surface area (Å²) in [6.45, 7) is 5.39. The fraction of sp³-hybridized carbons (Fsp3) is 0.308. The van der Waals surface area contributed by atoms with E-state index >= 15 is 0 Å². The van der Waals surface area contributed by atoms with Crippen molar-refractivity contribution in [1.82, 2.24) is 0 Å². The third-order valence-corrected chi connectivity index (χ3v) is 1.77. The van der Waals surface area contributed by atoms with Gasteiger partial charge in [-0.15, -0.1) is 0 Å². The Balaban J connectivity index is 2.71. The van der Waals surface area contributed by atoms with Crippen molar-refractivity contribution in [3.05, 3.63) is 34.9 Å². The van der Waals surface area contributed by atoms with Crippen LogP contribution in [0.3, 0.4) is 0 Å². The second-order valence-corrected chi connectivity index (χ2v) is 4.70. The van der Waals surface area contributed by atoms with E-state index in [-0.39, 0.29) is 0 Å². The number of ether oxygens (including phenoxy) is 1. The maximum absolute atomic E-state index is 11.3. The summed E-state index contributed by atoms with van der Waals surface area (Å²) >= 11 is 5.78. The third kappa shape index (κ3) is 4.86. The van der Waals surface area contributed by atoms with Crippen LogP contribution in [0.2, 0.25) is 5.02 Å². The largest absolute Gasteiger partial charge is 0.450 e. The average molecular weight is 237 g/mol. The summed E-state index contributed by atoms with van der Waals surface area (Å²) in [5.74, 6) is 4.58. The molecular formula is C13H13ClO2. The fourth-order valence-corrected chi connectivity index (χ4v) is 1.18. The molecule has 0 aliphatic heterocycles. The van der Waals surface area contributed by atoms with Gasteiger partial charge in [0.05, 0.1) is 0 Å². The molecule has 0 radical (unpaired) electrons. The van der Waals surface area contributed by atoms with Crippen LogP contribution in [0.4, 0.5) is 0 Å². The van der Waals surface area contributed by atoms with E-state index in [0.29, 0.717) is 10.6 Å². The van der Waals surface area contributed by atoms with Crippen molar-refractivity contribution in [1.29, 1.82) is 0 Å². The summed E-state index contributed by atoms with van der Waals surface area (Å²) in [5.41, 5.74) is 0.179. The Morgan fingerprint density at radius 2 is 2.06 bits per heavy atom. The van der Waals surface area contributed by atoms with Crippen molar-refractivity contribution < 1.29 is 9.53 Å². The van der Waals surface area contributed by atoms with Gasteiger partial charge in [0.15, 0.2) is 0 Å². The Hall–Kier alpha value is -1.46. The number of hydrogen-bond donors (Lipinski definition) is 0. The van der Waals surface area contributed by atoms with Crippen molar-refractivity contribution in [2.45, 2.75) is 26.4 Å². The van der Waals surface area contributed by atoms with Gasteiger partial charge >= 0.3 is 5.97 Å². The molecule has 1 rings (SSSR count). The lowest BCUT2D eigenvalue weighted by Gasteiger charge is -2.16. The first-order valence-electron chi connectivity index (χ1n) is 4.87. The van der Waals surface area contributed by atoms with E-state index in [0.717, 1.165) is 0 Å². The number of carbonyl (C=O) groups excluding carboxylic acids is 1. The molecular weight excluding hydrogens is 224 g/mol. The molecule has 0 spiro atoms. The lowest BCUT2D eigenvalue weighted by molar-refractivity contribution is -0.147. The van der Waals surface area contributed by atoms with Crippen LogP contribution in [-0.2, 0) is 9.53 Å². The minimum atomic E-state index is -0.535. The highest BCUT2D eigenvalue weighted by molar-refractivity contribution is 6.30. The van der Waals surface area contributed by atoms with Gasteiger partial charge in [-0.2, -0.15) is 0 Å². The maximum atomic E-state index is 11.3.